The maximum Gasteiger partial charge on any atom is 0.124 e. The zero-order valence-corrected chi connectivity index (χ0v) is 10.0. The van der Waals surface area contributed by atoms with Gasteiger partial charge in [0.15, 0.2) is 0 Å². The van der Waals surface area contributed by atoms with E-state index in [0.29, 0.717) is 0 Å². The SMILES string of the molecule is CCSc1cc(F)cc(C(C)(C)C)c1. The summed E-state index contributed by atoms with van der Waals surface area (Å²) in [5, 5.41) is 0. The van der Waals surface area contributed by atoms with Crippen molar-refractivity contribution in [1.82, 2.24) is 0 Å². The molecule has 0 aliphatic carbocycles. The first-order valence-electron chi connectivity index (χ1n) is 4.87. The molecule has 0 heterocycles. The minimum absolute atomic E-state index is 0.0190. The van der Waals surface area contributed by atoms with Gasteiger partial charge in [0.05, 0.1) is 0 Å². The van der Waals surface area contributed by atoms with E-state index in [2.05, 4.69) is 33.8 Å². The van der Waals surface area contributed by atoms with Gasteiger partial charge in [0.25, 0.3) is 0 Å². The Bertz CT molecular complexity index is 313. The predicted molar refractivity (Wildman–Crippen MR) is 61.5 cm³/mol. The van der Waals surface area contributed by atoms with E-state index >= 15 is 0 Å². The molecule has 1 aromatic rings. The lowest BCUT2D eigenvalue weighted by Gasteiger charge is -2.19. The molecule has 1 aromatic carbocycles. The Hall–Kier alpha value is -0.500. The highest BCUT2D eigenvalue weighted by atomic mass is 32.2. The summed E-state index contributed by atoms with van der Waals surface area (Å²) in [4.78, 5) is 1.03. The lowest BCUT2D eigenvalue weighted by atomic mass is 9.87. The lowest BCUT2D eigenvalue weighted by Crippen LogP contribution is -2.11. The van der Waals surface area contributed by atoms with Gasteiger partial charge in [-0.1, -0.05) is 27.7 Å². The molecule has 0 aliphatic rings. The normalized spacial score (nSPS) is 11.8. The third-order valence-corrected chi connectivity index (χ3v) is 2.91. The van der Waals surface area contributed by atoms with E-state index in [1.807, 2.05) is 0 Å². The Morgan fingerprint density at radius 1 is 1.21 bits per heavy atom. The standard InChI is InChI=1S/C12H17FS/c1-5-14-11-7-9(12(2,3)4)6-10(13)8-11/h6-8H,5H2,1-4H3. The molecule has 0 spiro atoms. The van der Waals surface area contributed by atoms with Crippen LogP contribution in [0, 0.1) is 5.82 Å². The Morgan fingerprint density at radius 2 is 1.86 bits per heavy atom. The zero-order valence-electron chi connectivity index (χ0n) is 9.23. The third kappa shape index (κ3) is 3.02. The smallest absolute Gasteiger partial charge is 0.124 e. The quantitative estimate of drug-likeness (QED) is 0.661. The van der Waals surface area contributed by atoms with Crippen LogP contribution in [-0.4, -0.2) is 5.75 Å². The Labute approximate surface area is 89.9 Å². The predicted octanol–water partition coefficient (Wildman–Crippen LogP) is 4.24. The molecule has 0 unspecified atom stereocenters. The second kappa shape index (κ2) is 4.35. The second-order valence-electron chi connectivity index (χ2n) is 4.36. The molecule has 0 nitrogen and oxygen atoms in total. The first kappa shape index (κ1) is 11.6. The average molecular weight is 212 g/mol. The second-order valence-corrected chi connectivity index (χ2v) is 5.70. The fourth-order valence-corrected chi connectivity index (χ4v) is 1.99. The van der Waals surface area contributed by atoms with Crippen molar-refractivity contribution in [2.75, 3.05) is 5.75 Å². The van der Waals surface area contributed by atoms with Crippen LogP contribution in [-0.2, 0) is 5.41 Å². The van der Waals surface area contributed by atoms with Crippen LogP contribution >= 0.6 is 11.8 Å². The average Bonchev–Trinajstić information content (AvgIpc) is 2.02. The summed E-state index contributed by atoms with van der Waals surface area (Å²) in [7, 11) is 0. The van der Waals surface area contributed by atoms with E-state index in [-0.39, 0.29) is 11.2 Å². The van der Waals surface area contributed by atoms with Gasteiger partial charge in [-0.3, -0.25) is 0 Å². The summed E-state index contributed by atoms with van der Waals surface area (Å²) in [6.45, 7) is 8.37. The molecule has 0 saturated heterocycles. The third-order valence-electron chi connectivity index (χ3n) is 2.05. The van der Waals surface area contributed by atoms with Crippen LogP contribution in [0.4, 0.5) is 4.39 Å². The lowest BCUT2D eigenvalue weighted by molar-refractivity contribution is 0.568. The molecule has 0 fully saturated rings. The first-order valence-corrected chi connectivity index (χ1v) is 5.86. The highest BCUT2D eigenvalue weighted by Crippen LogP contribution is 2.28. The number of halogens is 1. The van der Waals surface area contributed by atoms with Crippen molar-refractivity contribution in [1.29, 1.82) is 0 Å². The Kier molecular flexibility index (Phi) is 3.59. The van der Waals surface area contributed by atoms with Crippen molar-refractivity contribution < 1.29 is 4.39 Å². The molecule has 0 atom stereocenters. The highest BCUT2D eigenvalue weighted by molar-refractivity contribution is 7.99. The minimum Gasteiger partial charge on any atom is -0.207 e. The topological polar surface area (TPSA) is 0 Å². The van der Waals surface area contributed by atoms with Crippen molar-refractivity contribution >= 4 is 11.8 Å². The Balaban J connectivity index is 3.07. The van der Waals surface area contributed by atoms with Crippen molar-refractivity contribution in [2.24, 2.45) is 0 Å². The molecule has 2 heteroatoms. The number of benzene rings is 1. The van der Waals surface area contributed by atoms with Gasteiger partial charge in [0.1, 0.15) is 5.82 Å². The van der Waals surface area contributed by atoms with Gasteiger partial charge in [-0.25, -0.2) is 4.39 Å². The van der Waals surface area contributed by atoms with E-state index in [0.717, 1.165) is 16.2 Å². The molecule has 0 saturated carbocycles. The number of hydrogen-bond donors (Lipinski definition) is 0. The van der Waals surface area contributed by atoms with Crippen molar-refractivity contribution in [3.8, 4) is 0 Å². The van der Waals surface area contributed by atoms with E-state index < -0.39 is 0 Å². The number of rotatable bonds is 2. The minimum atomic E-state index is -0.131. The van der Waals surface area contributed by atoms with Crippen LogP contribution in [0.15, 0.2) is 23.1 Å². The summed E-state index contributed by atoms with van der Waals surface area (Å²) < 4.78 is 13.3. The Morgan fingerprint density at radius 3 is 2.36 bits per heavy atom. The fraction of sp³-hybridized carbons (Fsp3) is 0.500. The summed E-state index contributed by atoms with van der Waals surface area (Å²) in [5.74, 6) is 0.848. The van der Waals surface area contributed by atoms with Crippen LogP contribution in [0.2, 0.25) is 0 Å². The van der Waals surface area contributed by atoms with Gasteiger partial charge in [0.2, 0.25) is 0 Å². The van der Waals surface area contributed by atoms with Crippen LogP contribution < -0.4 is 0 Å². The summed E-state index contributed by atoms with van der Waals surface area (Å²) in [5.41, 5.74) is 1.08. The van der Waals surface area contributed by atoms with Gasteiger partial charge in [-0.15, -0.1) is 11.8 Å². The van der Waals surface area contributed by atoms with Crippen LogP contribution in [0.3, 0.4) is 0 Å². The number of thioether (sulfide) groups is 1. The molecule has 0 aromatic heterocycles. The molecular weight excluding hydrogens is 195 g/mol. The molecule has 78 valence electrons. The van der Waals surface area contributed by atoms with E-state index in [9.17, 15) is 4.39 Å². The molecule has 0 N–H and O–H groups in total. The van der Waals surface area contributed by atoms with Crippen molar-refractivity contribution in [2.45, 2.75) is 38.0 Å². The van der Waals surface area contributed by atoms with Gasteiger partial charge in [-0.05, 0) is 34.9 Å². The maximum absolute atomic E-state index is 13.3. The molecule has 0 aliphatic heterocycles. The van der Waals surface area contributed by atoms with E-state index in [1.165, 1.54) is 0 Å². The first-order chi connectivity index (χ1) is 6.43. The van der Waals surface area contributed by atoms with Gasteiger partial charge < -0.3 is 0 Å². The summed E-state index contributed by atoms with van der Waals surface area (Å²) in [6, 6.07) is 5.31. The van der Waals surface area contributed by atoms with Gasteiger partial charge in [-0.2, -0.15) is 0 Å². The molecular formula is C12H17FS. The molecule has 14 heavy (non-hydrogen) atoms. The molecule has 0 bridgehead atoms. The summed E-state index contributed by atoms with van der Waals surface area (Å²) in [6.07, 6.45) is 0. The van der Waals surface area contributed by atoms with Crippen molar-refractivity contribution in [3.05, 3.63) is 29.6 Å². The molecule has 0 radical (unpaired) electrons. The fourth-order valence-electron chi connectivity index (χ4n) is 1.25. The van der Waals surface area contributed by atoms with Gasteiger partial charge in [0, 0.05) is 4.90 Å². The maximum atomic E-state index is 13.3. The molecule has 1 rings (SSSR count). The number of hydrogen-bond acceptors (Lipinski definition) is 1. The summed E-state index contributed by atoms with van der Waals surface area (Å²) >= 11 is 1.68. The van der Waals surface area contributed by atoms with E-state index in [1.54, 1.807) is 23.9 Å². The van der Waals surface area contributed by atoms with Crippen LogP contribution in [0.1, 0.15) is 33.3 Å². The monoisotopic (exact) mass is 212 g/mol. The van der Waals surface area contributed by atoms with Crippen LogP contribution in [0.25, 0.3) is 0 Å². The van der Waals surface area contributed by atoms with Gasteiger partial charge >= 0.3 is 0 Å². The van der Waals surface area contributed by atoms with Crippen molar-refractivity contribution in [3.63, 3.8) is 0 Å². The zero-order chi connectivity index (χ0) is 10.8. The largest absolute Gasteiger partial charge is 0.207 e. The highest BCUT2D eigenvalue weighted by Gasteiger charge is 2.15. The molecule has 0 amide bonds. The van der Waals surface area contributed by atoms with Crippen LogP contribution in [0.5, 0.6) is 0 Å². The van der Waals surface area contributed by atoms with E-state index in [4.69, 9.17) is 0 Å².